The minimum atomic E-state index is -0.212. The first kappa shape index (κ1) is 23.3. The van der Waals surface area contributed by atoms with Crippen LogP contribution >= 0.6 is 24.0 Å². The number of benzene rings is 2. The number of nitrogens with one attached hydrogen (secondary N) is 1. The number of anilines is 1. The largest absolute Gasteiger partial charge is 0.495 e. The molecule has 0 bridgehead atoms. The summed E-state index contributed by atoms with van der Waals surface area (Å²) in [5.41, 5.74) is 2.08. The highest BCUT2D eigenvalue weighted by Gasteiger charge is 2.25. The van der Waals surface area contributed by atoms with E-state index in [0.717, 1.165) is 49.0 Å². The number of hydrogen-bond donors (Lipinski definition) is 1. The molecule has 2 aromatic carbocycles. The van der Waals surface area contributed by atoms with Crippen LogP contribution in [0.15, 0.2) is 53.5 Å². The summed E-state index contributed by atoms with van der Waals surface area (Å²) in [6, 6.07) is 14.8. The standard InChI is InChI=1S/C22H29FN4O.HI/c1-24-22(26(2)15-17-7-6-8-19(23)13-17)25-14-18-11-12-27(16-18)20-9-4-5-10-21(20)28-3;/h4-10,13,18H,11-12,14-16H2,1-3H3,(H,24,25);1H. The fourth-order valence-electron chi connectivity index (χ4n) is 3.71. The number of methoxy groups -OCH3 is 1. The summed E-state index contributed by atoms with van der Waals surface area (Å²) in [6.07, 6.45) is 1.12. The highest BCUT2D eigenvalue weighted by Crippen LogP contribution is 2.31. The third-order valence-corrected chi connectivity index (χ3v) is 5.14. The maximum absolute atomic E-state index is 13.4. The molecular formula is C22H30FIN4O. The summed E-state index contributed by atoms with van der Waals surface area (Å²) < 4.78 is 18.9. The van der Waals surface area contributed by atoms with Crippen molar-refractivity contribution in [2.45, 2.75) is 13.0 Å². The SMILES string of the molecule is CN=C(NCC1CCN(c2ccccc2OC)C1)N(C)Cc1cccc(F)c1.I. The van der Waals surface area contributed by atoms with E-state index in [1.807, 2.05) is 36.2 Å². The highest BCUT2D eigenvalue weighted by atomic mass is 127. The number of rotatable bonds is 6. The smallest absolute Gasteiger partial charge is 0.193 e. The van der Waals surface area contributed by atoms with E-state index in [1.54, 1.807) is 26.3 Å². The lowest BCUT2D eigenvalue weighted by Gasteiger charge is -2.24. The number of nitrogens with zero attached hydrogens (tertiary/aromatic N) is 3. The van der Waals surface area contributed by atoms with Gasteiger partial charge in [-0.2, -0.15) is 0 Å². The van der Waals surface area contributed by atoms with Gasteiger partial charge in [0.15, 0.2) is 5.96 Å². The van der Waals surface area contributed by atoms with Crippen LogP contribution in [-0.4, -0.2) is 51.7 Å². The normalized spacial score (nSPS) is 16.3. The summed E-state index contributed by atoms with van der Waals surface area (Å²) in [7, 11) is 5.46. The predicted octanol–water partition coefficient (Wildman–Crippen LogP) is 3.99. The number of hydrogen-bond acceptors (Lipinski definition) is 3. The van der Waals surface area contributed by atoms with Crippen molar-refractivity contribution in [3.8, 4) is 5.75 Å². The lowest BCUT2D eigenvalue weighted by atomic mass is 10.1. The molecule has 5 nitrogen and oxygen atoms in total. The van der Waals surface area contributed by atoms with Gasteiger partial charge in [0.25, 0.3) is 0 Å². The second-order valence-corrected chi connectivity index (χ2v) is 7.19. The highest BCUT2D eigenvalue weighted by molar-refractivity contribution is 14.0. The zero-order chi connectivity index (χ0) is 19.9. The second-order valence-electron chi connectivity index (χ2n) is 7.19. The lowest BCUT2D eigenvalue weighted by molar-refractivity contribution is 0.414. The molecule has 0 aromatic heterocycles. The van der Waals surface area contributed by atoms with Crippen molar-refractivity contribution < 1.29 is 9.13 Å². The van der Waals surface area contributed by atoms with Crippen molar-refractivity contribution in [2.75, 3.05) is 45.7 Å². The van der Waals surface area contributed by atoms with Crippen LogP contribution in [0.4, 0.5) is 10.1 Å². The van der Waals surface area contributed by atoms with E-state index in [2.05, 4.69) is 21.3 Å². The maximum atomic E-state index is 13.4. The Morgan fingerprint density at radius 3 is 2.79 bits per heavy atom. The third-order valence-electron chi connectivity index (χ3n) is 5.14. The van der Waals surface area contributed by atoms with Gasteiger partial charge in [0.05, 0.1) is 12.8 Å². The van der Waals surface area contributed by atoms with E-state index in [9.17, 15) is 4.39 Å². The van der Waals surface area contributed by atoms with Crippen molar-refractivity contribution in [3.63, 3.8) is 0 Å². The molecule has 2 aromatic rings. The van der Waals surface area contributed by atoms with Crippen LogP contribution in [0, 0.1) is 11.7 Å². The van der Waals surface area contributed by atoms with Crippen LogP contribution < -0.4 is 15.0 Å². The Morgan fingerprint density at radius 1 is 1.28 bits per heavy atom. The third kappa shape index (κ3) is 6.22. The van der Waals surface area contributed by atoms with E-state index in [0.29, 0.717) is 12.5 Å². The van der Waals surface area contributed by atoms with Crippen LogP contribution in [0.1, 0.15) is 12.0 Å². The van der Waals surface area contributed by atoms with Crippen molar-refractivity contribution in [2.24, 2.45) is 10.9 Å². The van der Waals surface area contributed by atoms with Crippen LogP contribution in [0.5, 0.6) is 5.75 Å². The van der Waals surface area contributed by atoms with Gasteiger partial charge in [-0.15, -0.1) is 24.0 Å². The predicted molar refractivity (Wildman–Crippen MR) is 128 cm³/mol. The molecule has 1 N–H and O–H groups in total. The first-order valence-corrected chi connectivity index (χ1v) is 9.65. The fraction of sp³-hybridized carbons (Fsp3) is 0.409. The molecule has 3 rings (SSSR count). The van der Waals surface area contributed by atoms with Crippen LogP contribution in [0.2, 0.25) is 0 Å². The molecule has 0 spiro atoms. The van der Waals surface area contributed by atoms with Gasteiger partial charge < -0.3 is 19.9 Å². The lowest BCUT2D eigenvalue weighted by Crippen LogP contribution is -2.41. The molecule has 1 aliphatic rings. The maximum Gasteiger partial charge on any atom is 0.193 e. The molecule has 0 amide bonds. The Bertz CT molecular complexity index is 817. The molecular weight excluding hydrogens is 482 g/mol. The first-order chi connectivity index (χ1) is 13.6. The van der Waals surface area contributed by atoms with Crippen molar-refractivity contribution in [1.82, 2.24) is 10.2 Å². The zero-order valence-corrected chi connectivity index (χ0v) is 19.6. The summed E-state index contributed by atoms with van der Waals surface area (Å²) >= 11 is 0. The molecule has 1 saturated heterocycles. The molecule has 1 heterocycles. The summed E-state index contributed by atoms with van der Waals surface area (Å²) in [5, 5.41) is 3.47. The molecule has 0 saturated carbocycles. The van der Waals surface area contributed by atoms with Crippen LogP contribution in [-0.2, 0) is 6.54 Å². The summed E-state index contributed by atoms with van der Waals surface area (Å²) in [5.74, 6) is 2.06. The van der Waals surface area contributed by atoms with Crippen LogP contribution in [0.25, 0.3) is 0 Å². The average molecular weight is 512 g/mol. The molecule has 1 fully saturated rings. The Labute approximate surface area is 190 Å². The molecule has 0 aliphatic carbocycles. The van der Waals surface area contributed by atoms with Gasteiger partial charge in [0, 0.05) is 40.3 Å². The summed E-state index contributed by atoms with van der Waals surface area (Å²) in [6.45, 7) is 3.46. The van der Waals surface area contributed by atoms with Crippen molar-refractivity contribution in [1.29, 1.82) is 0 Å². The zero-order valence-electron chi connectivity index (χ0n) is 17.3. The Hall–Kier alpha value is -2.03. The van der Waals surface area contributed by atoms with Crippen LogP contribution in [0.3, 0.4) is 0 Å². The van der Waals surface area contributed by atoms with Gasteiger partial charge in [-0.05, 0) is 42.2 Å². The van der Waals surface area contributed by atoms with E-state index >= 15 is 0 Å². The quantitative estimate of drug-likeness (QED) is 0.361. The van der Waals surface area contributed by atoms with Gasteiger partial charge in [0.2, 0.25) is 0 Å². The Kier molecular flexibility index (Phi) is 9.00. The number of ether oxygens (including phenoxy) is 1. The average Bonchev–Trinajstić information content (AvgIpc) is 3.17. The van der Waals surface area contributed by atoms with Crippen molar-refractivity contribution in [3.05, 3.63) is 59.9 Å². The molecule has 1 unspecified atom stereocenters. The number of guanidine groups is 1. The molecule has 7 heteroatoms. The van der Waals surface area contributed by atoms with Gasteiger partial charge in [0.1, 0.15) is 11.6 Å². The fourth-order valence-corrected chi connectivity index (χ4v) is 3.71. The molecule has 158 valence electrons. The molecule has 0 radical (unpaired) electrons. The number of halogens is 2. The minimum absolute atomic E-state index is 0. The topological polar surface area (TPSA) is 40.1 Å². The van der Waals surface area contributed by atoms with E-state index in [1.165, 1.54) is 6.07 Å². The van der Waals surface area contributed by atoms with Gasteiger partial charge in [-0.25, -0.2) is 4.39 Å². The molecule has 29 heavy (non-hydrogen) atoms. The Balaban J connectivity index is 0.00000300. The summed E-state index contributed by atoms with van der Waals surface area (Å²) in [4.78, 5) is 8.77. The first-order valence-electron chi connectivity index (χ1n) is 9.65. The van der Waals surface area contributed by atoms with E-state index < -0.39 is 0 Å². The minimum Gasteiger partial charge on any atom is -0.495 e. The number of aliphatic imine (C=N–C) groups is 1. The second kappa shape index (κ2) is 11.2. The van der Waals surface area contributed by atoms with Gasteiger partial charge >= 0.3 is 0 Å². The van der Waals surface area contributed by atoms with Gasteiger partial charge in [-0.1, -0.05) is 24.3 Å². The molecule has 1 aliphatic heterocycles. The van der Waals surface area contributed by atoms with Crippen molar-refractivity contribution >= 4 is 35.6 Å². The monoisotopic (exact) mass is 512 g/mol. The number of para-hydroxylation sites is 2. The Morgan fingerprint density at radius 2 is 2.07 bits per heavy atom. The van der Waals surface area contributed by atoms with E-state index in [-0.39, 0.29) is 29.8 Å². The van der Waals surface area contributed by atoms with E-state index in [4.69, 9.17) is 4.74 Å². The molecule has 1 atom stereocenters. The van der Waals surface area contributed by atoms with Gasteiger partial charge in [-0.3, -0.25) is 4.99 Å².